The van der Waals surface area contributed by atoms with E-state index in [9.17, 15) is 9.59 Å². The highest BCUT2D eigenvalue weighted by Crippen LogP contribution is 2.23. The number of hydrogen-bond donors (Lipinski definition) is 1. The fraction of sp³-hybridized carbons (Fsp3) is 0.368. The average Bonchev–Trinajstić information content (AvgIpc) is 3.16. The predicted octanol–water partition coefficient (Wildman–Crippen LogP) is 3.94. The van der Waals surface area contributed by atoms with Crippen LogP contribution in [0.5, 0.6) is 0 Å². The van der Waals surface area contributed by atoms with E-state index in [1.807, 2.05) is 4.90 Å². The Morgan fingerprint density at radius 2 is 2.12 bits per heavy atom. The molecular formula is C19H22N2O3. The van der Waals surface area contributed by atoms with Crippen LogP contribution in [-0.2, 0) is 0 Å². The van der Waals surface area contributed by atoms with Gasteiger partial charge in [0, 0.05) is 23.8 Å². The van der Waals surface area contributed by atoms with Crippen molar-refractivity contribution < 1.29 is 14.0 Å². The van der Waals surface area contributed by atoms with Crippen molar-refractivity contribution in [1.82, 2.24) is 4.90 Å². The van der Waals surface area contributed by atoms with Gasteiger partial charge in [0.1, 0.15) is 0 Å². The van der Waals surface area contributed by atoms with Crippen molar-refractivity contribution in [3.63, 3.8) is 0 Å². The molecule has 5 heteroatoms. The lowest BCUT2D eigenvalue weighted by Gasteiger charge is -2.35. The van der Waals surface area contributed by atoms with Gasteiger partial charge in [-0.1, -0.05) is 13.0 Å². The molecular weight excluding hydrogens is 304 g/mol. The van der Waals surface area contributed by atoms with Crippen LogP contribution in [0, 0.1) is 0 Å². The number of amides is 2. The molecule has 1 aliphatic heterocycles. The number of benzene rings is 1. The first-order valence-corrected chi connectivity index (χ1v) is 8.45. The van der Waals surface area contributed by atoms with E-state index in [0.717, 1.165) is 25.8 Å². The van der Waals surface area contributed by atoms with E-state index in [4.69, 9.17) is 4.42 Å². The van der Waals surface area contributed by atoms with Gasteiger partial charge >= 0.3 is 0 Å². The summed E-state index contributed by atoms with van der Waals surface area (Å²) in [7, 11) is 0. The zero-order valence-corrected chi connectivity index (χ0v) is 13.8. The van der Waals surface area contributed by atoms with Gasteiger partial charge in [0.2, 0.25) is 0 Å². The van der Waals surface area contributed by atoms with E-state index >= 15 is 0 Å². The predicted molar refractivity (Wildman–Crippen MR) is 92.1 cm³/mol. The number of carbonyl (C=O) groups excluding carboxylic acids is 2. The van der Waals surface area contributed by atoms with Crippen LogP contribution >= 0.6 is 0 Å². The summed E-state index contributed by atoms with van der Waals surface area (Å²) in [5, 5.41) is 2.76. The lowest BCUT2D eigenvalue weighted by Crippen LogP contribution is -2.43. The molecule has 1 aromatic carbocycles. The molecule has 3 rings (SSSR count). The lowest BCUT2D eigenvalue weighted by molar-refractivity contribution is 0.0608. The largest absolute Gasteiger partial charge is 0.459 e. The van der Waals surface area contributed by atoms with Crippen LogP contribution in [0.25, 0.3) is 0 Å². The second-order valence-corrected chi connectivity index (χ2v) is 6.07. The molecule has 0 spiro atoms. The van der Waals surface area contributed by atoms with E-state index in [1.165, 1.54) is 12.7 Å². The quantitative estimate of drug-likeness (QED) is 0.926. The molecule has 0 aliphatic carbocycles. The maximum atomic E-state index is 12.8. The fourth-order valence-electron chi connectivity index (χ4n) is 3.19. The van der Waals surface area contributed by atoms with Gasteiger partial charge in [-0.2, -0.15) is 0 Å². The summed E-state index contributed by atoms with van der Waals surface area (Å²) in [6.45, 7) is 2.93. The molecule has 1 aliphatic rings. The van der Waals surface area contributed by atoms with E-state index in [-0.39, 0.29) is 17.6 Å². The van der Waals surface area contributed by atoms with Gasteiger partial charge < -0.3 is 14.6 Å². The van der Waals surface area contributed by atoms with Crippen LogP contribution in [-0.4, -0.2) is 29.3 Å². The summed E-state index contributed by atoms with van der Waals surface area (Å²) >= 11 is 0. The fourth-order valence-corrected chi connectivity index (χ4v) is 3.19. The maximum Gasteiger partial charge on any atom is 0.291 e. The number of nitrogens with zero attached hydrogens (tertiary/aromatic N) is 1. The highest BCUT2D eigenvalue weighted by Gasteiger charge is 2.26. The number of hydrogen-bond acceptors (Lipinski definition) is 3. The molecule has 1 N–H and O–H groups in total. The second-order valence-electron chi connectivity index (χ2n) is 6.07. The van der Waals surface area contributed by atoms with E-state index < -0.39 is 0 Å². The van der Waals surface area contributed by atoms with E-state index in [1.54, 1.807) is 36.4 Å². The monoisotopic (exact) mass is 326 g/mol. The van der Waals surface area contributed by atoms with Crippen molar-refractivity contribution in [2.45, 2.75) is 38.6 Å². The normalized spacial score (nSPS) is 17.5. The molecule has 126 valence electrons. The highest BCUT2D eigenvalue weighted by molar-refractivity contribution is 6.03. The molecule has 2 aromatic rings. The van der Waals surface area contributed by atoms with Crippen molar-refractivity contribution in [3.05, 3.63) is 54.0 Å². The van der Waals surface area contributed by atoms with Gasteiger partial charge in [0.05, 0.1) is 6.26 Å². The Hall–Kier alpha value is -2.56. The van der Waals surface area contributed by atoms with Crippen molar-refractivity contribution in [2.75, 3.05) is 11.9 Å². The van der Waals surface area contributed by atoms with Gasteiger partial charge in [-0.25, -0.2) is 0 Å². The smallest absolute Gasteiger partial charge is 0.291 e. The number of furan rings is 1. The molecule has 0 saturated carbocycles. The Bertz CT molecular complexity index is 709. The Morgan fingerprint density at radius 3 is 2.88 bits per heavy atom. The van der Waals surface area contributed by atoms with Crippen LogP contribution in [0.1, 0.15) is 53.5 Å². The number of anilines is 1. The Labute approximate surface area is 141 Å². The number of rotatable bonds is 4. The van der Waals surface area contributed by atoms with Gasteiger partial charge in [-0.15, -0.1) is 0 Å². The first kappa shape index (κ1) is 16.3. The molecule has 2 heterocycles. The van der Waals surface area contributed by atoms with Crippen LogP contribution in [0.3, 0.4) is 0 Å². The van der Waals surface area contributed by atoms with Gasteiger partial charge in [-0.05, 0) is 56.0 Å². The minimum absolute atomic E-state index is 0.0376. The molecule has 1 aromatic heterocycles. The second kappa shape index (κ2) is 7.34. The molecule has 1 fully saturated rings. The third-order valence-corrected chi connectivity index (χ3v) is 4.47. The summed E-state index contributed by atoms with van der Waals surface area (Å²) < 4.78 is 5.08. The third kappa shape index (κ3) is 3.50. The highest BCUT2D eigenvalue weighted by atomic mass is 16.3. The summed E-state index contributed by atoms with van der Waals surface area (Å²) in [5.74, 6) is -0.0431. The lowest BCUT2D eigenvalue weighted by atomic mass is 9.99. The van der Waals surface area contributed by atoms with Crippen LogP contribution < -0.4 is 5.32 Å². The van der Waals surface area contributed by atoms with Crippen molar-refractivity contribution in [2.24, 2.45) is 0 Å². The first-order valence-electron chi connectivity index (χ1n) is 8.45. The SMILES string of the molecule is CCC1CCCCN1C(=O)c1cccc(NC(=O)c2ccco2)c1. The van der Waals surface area contributed by atoms with Crippen LogP contribution in [0.4, 0.5) is 5.69 Å². The Morgan fingerprint density at radius 1 is 1.25 bits per heavy atom. The van der Waals surface area contributed by atoms with Gasteiger partial charge in [0.25, 0.3) is 11.8 Å². The summed E-state index contributed by atoms with van der Waals surface area (Å²) in [6, 6.07) is 10.7. The first-order chi connectivity index (χ1) is 11.7. The van der Waals surface area contributed by atoms with E-state index in [2.05, 4.69) is 12.2 Å². The minimum Gasteiger partial charge on any atom is -0.459 e. The average molecular weight is 326 g/mol. The maximum absolute atomic E-state index is 12.8. The third-order valence-electron chi connectivity index (χ3n) is 4.47. The summed E-state index contributed by atoms with van der Waals surface area (Å²) in [4.78, 5) is 26.9. The number of nitrogens with one attached hydrogen (secondary N) is 1. The van der Waals surface area contributed by atoms with Crippen LogP contribution in [0.2, 0.25) is 0 Å². The van der Waals surface area contributed by atoms with Crippen molar-refractivity contribution in [3.8, 4) is 0 Å². The number of carbonyl (C=O) groups is 2. The molecule has 1 unspecified atom stereocenters. The minimum atomic E-state index is -0.325. The van der Waals surface area contributed by atoms with Gasteiger partial charge in [0.15, 0.2) is 5.76 Å². The molecule has 0 bridgehead atoms. The van der Waals surface area contributed by atoms with E-state index in [0.29, 0.717) is 17.3 Å². The molecule has 5 nitrogen and oxygen atoms in total. The standard InChI is InChI=1S/C19H22N2O3/c1-2-16-9-3-4-11-21(16)19(23)14-7-5-8-15(13-14)20-18(22)17-10-6-12-24-17/h5-8,10,12-13,16H,2-4,9,11H2,1H3,(H,20,22). The number of piperidine rings is 1. The molecule has 0 radical (unpaired) electrons. The number of likely N-dealkylation sites (tertiary alicyclic amines) is 1. The Kier molecular flexibility index (Phi) is 4.99. The van der Waals surface area contributed by atoms with Crippen molar-refractivity contribution in [1.29, 1.82) is 0 Å². The molecule has 24 heavy (non-hydrogen) atoms. The summed E-state index contributed by atoms with van der Waals surface area (Å²) in [5.41, 5.74) is 1.19. The molecule has 2 amide bonds. The molecule has 1 atom stereocenters. The topological polar surface area (TPSA) is 62.6 Å². The van der Waals surface area contributed by atoms with Crippen LogP contribution in [0.15, 0.2) is 47.1 Å². The zero-order chi connectivity index (χ0) is 16.9. The zero-order valence-electron chi connectivity index (χ0n) is 13.8. The Balaban J connectivity index is 1.74. The molecule has 1 saturated heterocycles. The summed E-state index contributed by atoms with van der Waals surface area (Å²) in [6.07, 6.45) is 5.73. The van der Waals surface area contributed by atoms with Gasteiger partial charge in [-0.3, -0.25) is 9.59 Å². The van der Waals surface area contributed by atoms with Crippen molar-refractivity contribution >= 4 is 17.5 Å².